The second kappa shape index (κ2) is 8.59. The van der Waals surface area contributed by atoms with Gasteiger partial charge in [0, 0.05) is 24.8 Å². The largest absolute Gasteiger partial charge is 0.366 e. The first-order valence-corrected chi connectivity index (χ1v) is 10.8. The van der Waals surface area contributed by atoms with Crippen molar-refractivity contribution < 1.29 is 9.18 Å². The van der Waals surface area contributed by atoms with E-state index >= 15 is 0 Å². The van der Waals surface area contributed by atoms with Crippen molar-refractivity contribution in [1.82, 2.24) is 24.3 Å². The number of pyridine rings is 1. The number of aromatic nitrogens is 4. The van der Waals surface area contributed by atoms with Crippen LogP contribution in [0.4, 0.5) is 10.2 Å². The van der Waals surface area contributed by atoms with Gasteiger partial charge >= 0.3 is 0 Å². The molecular formula is C24H24FN7O. The van der Waals surface area contributed by atoms with Crippen LogP contribution >= 0.6 is 0 Å². The Bertz CT molecular complexity index is 1350. The molecule has 0 fully saturated rings. The van der Waals surface area contributed by atoms with E-state index in [9.17, 15) is 9.18 Å². The van der Waals surface area contributed by atoms with E-state index in [-0.39, 0.29) is 5.82 Å². The van der Waals surface area contributed by atoms with Crippen LogP contribution in [0.2, 0.25) is 0 Å². The van der Waals surface area contributed by atoms with Gasteiger partial charge in [0.2, 0.25) is 0 Å². The Balaban J connectivity index is 1.60. The van der Waals surface area contributed by atoms with Crippen molar-refractivity contribution in [1.29, 1.82) is 0 Å². The number of nitrogens with one attached hydrogen (secondary N) is 1. The number of amides is 1. The van der Waals surface area contributed by atoms with Crippen molar-refractivity contribution in [3.63, 3.8) is 0 Å². The number of primary amides is 1. The summed E-state index contributed by atoms with van der Waals surface area (Å²) in [4.78, 5) is 28.3. The van der Waals surface area contributed by atoms with Crippen molar-refractivity contribution in [3.8, 4) is 11.6 Å². The third-order valence-corrected chi connectivity index (χ3v) is 5.86. The first kappa shape index (κ1) is 21.0. The zero-order valence-corrected chi connectivity index (χ0v) is 18.3. The molecule has 3 aromatic heterocycles. The van der Waals surface area contributed by atoms with Gasteiger partial charge in [-0.05, 0) is 56.3 Å². The second-order valence-electron chi connectivity index (χ2n) is 8.27. The number of fused-ring (bicyclic) bond motifs is 2. The van der Waals surface area contributed by atoms with Gasteiger partial charge in [0.25, 0.3) is 5.91 Å². The molecule has 0 spiro atoms. The van der Waals surface area contributed by atoms with Crippen molar-refractivity contribution in [2.45, 2.75) is 25.9 Å². The molecular weight excluding hydrogens is 421 g/mol. The van der Waals surface area contributed by atoms with Crippen molar-refractivity contribution in [2.75, 3.05) is 18.9 Å². The van der Waals surface area contributed by atoms with Gasteiger partial charge in [-0.25, -0.2) is 19.3 Å². The lowest BCUT2D eigenvalue weighted by Crippen LogP contribution is -2.18. The molecule has 3 N–H and O–H groups in total. The number of imidazole rings is 1. The van der Waals surface area contributed by atoms with E-state index in [4.69, 9.17) is 15.7 Å². The summed E-state index contributed by atoms with van der Waals surface area (Å²) in [6.07, 6.45) is 5.26. The number of halogens is 1. The van der Waals surface area contributed by atoms with Gasteiger partial charge in [-0.3, -0.25) is 9.20 Å². The SMILES string of the molecule is CN1CCCc2c(nc(-c3ncc4c(C(N)=O)cccn34)nc2NCc2cccc(F)c2)C1. The van der Waals surface area contributed by atoms with Crippen molar-refractivity contribution >= 4 is 17.2 Å². The zero-order chi connectivity index (χ0) is 22.9. The summed E-state index contributed by atoms with van der Waals surface area (Å²) in [7, 11) is 2.07. The minimum Gasteiger partial charge on any atom is -0.366 e. The summed E-state index contributed by atoms with van der Waals surface area (Å²) in [6, 6.07) is 9.92. The molecule has 1 aromatic carbocycles. The van der Waals surface area contributed by atoms with E-state index in [0.29, 0.717) is 35.8 Å². The van der Waals surface area contributed by atoms with Gasteiger partial charge < -0.3 is 16.0 Å². The Kier molecular flexibility index (Phi) is 5.47. The van der Waals surface area contributed by atoms with Gasteiger partial charge in [0.1, 0.15) is 11.6 Å². The number of rotatable bonds is 5. The molecule has 1 aliphatic heterocycles. The molecule has 1 amide bonds. The molecule has 4 heterocycles. The number of nitrogens with two attached hydrogens (primary N) is 1. The molecule has 33 heavy (non-hydrogen) atoms. The second-order valence-corrected chi connectivity index (χ2v) is 8.27. The lowest BCUT2D eigenvalue weighted by molar-refractivity contribution is 0.100. The molecule has 8 nitrogen and oxygen atoms in total. The fourth-order valence-electron chi connectivity index (χ4n) is 4.26. The quantitative estimate of drug-likeness (QED) is 0.490. The summed E-state index contributed by atoms with van der Waals surface area (Å²) >= 11 is 0. The van der Waals surface area contributed by atoms with E-state index < -0.39 is 5.91 Å². The highest BCUT2D eigenvalue weighted by Crippen LogP contribution is 2.27. The Morgan fingerprint density at radius 3 is 2.94 bits per heavy atom. The van der Waals surface area contributed by atoms with E-state index in [1.165, 1.54) is 12.1 Å². The minimum absolute atomic E-state index is 0.271. The molecule has 0 bridgehead atoms. The average Bonchev–Trinajstić information content (AvgIpc) is 3.13. The van der Waals surface area contributed by atoms with Crippen LogP contribution in [0, 0.1) is 5.82 Å². The van der Waals surface area contributed by atoms with Crippen LogP contribution in [-0.2, 0) is 19.5 Å². The first-order valence-electron chi connectivity index (χ1n) is 10.8. The number of nitrogens with zero attached hydrogens (tertiary/aromatic N) is 5. The maximum Gasteiger partial charge on any atom is 0.250 e. The number of anilines is 1. The van der Waals surface area contributed by atoms with E-state index in [0.717, 1.165) is 42.0 Å². The molecule has 0 saturated heterocycles. The fraction of sp³-hybridized carbons (Fsp3) is 0.250. The predicted octanol–water partition coefficient (Wildman–Crippen LogP) is 3.02. The average molecular weight is 446 g/mol. The highest BCUT2D eigenvalue weighted by molar-refractivity contribution is 5.99. The van der Waals surface area contributed by atoms with Gasteiger partial charge in [-0.2, -0.15) is 0 Å². The van der Waals surface area contributed by atoms with Crippen LogP contribution in [0.1, 0.15) is 33.6 Å². The van der Waals surface area contributed by atoms with Crippen LogP contribution in [0.3, 0.4) is 0 Å². The highest BCUT2D eigenvalue weighted by atomic mass is 19.1. The Morgan fingerprint density at radius 1 is 1.24 bits per heavy atom. The predicted molar refractivity (Wildman–Crippen MR) is 123 cm³/mol. The maximum atomic E-state index is 13.6. The smallest absolute Gasteiger partial charge is 0.250 e. The molecule has 0 atom stereocenters. The van der Waals surface area contributed by atoms with E-state index in [1.54, 1.807) is 28.8 Å². The molecule has 0 unspecified atom stereocenters. The summed E-state index contributed by atoms with van der Waals surface area (Å²) in [5.74, 6) is 0.905. The molecule has 0 radical (unpaired) electrons. The third-order valence-electron chi connectivity index (χ3n) is 5.86. The summed E-state index contributed by atoms with van der Waals surface area (Å²) in [5, 5.41) is 3.39. The number of carbonyl (C=O) groups excluding carboxylic acids is 1. The summed E-state index contributed by atoms with van der Waals surface area (Å²) < 4.78 is 15.4. The van der Waals surface area contributed by atoms with Crippen LogP contribution in [-0.4, -0.2) is 43.8 Å². The number of hydrogen-bond acceptors (Lipinski definition) is 6. The monoisotopic (exact) mass is 445 g/mol. The van der Waals surface area contributed by atoms with Gasteiger partial charge in [0.15, 0.2) is 11.6 Å². The number of carbonyl (C=O) groups is 1. The van der Waals surface area contributed by atoms with Gasteiger partial charge in [-0.15, -0.1) is 0 Å². The van der Waals surface area contributed by atoms with Crippen molar-refractivity contribution in [2.24, 2.45) is 5.73 Å². The van der Waals surface area contributed by atoms with E-state index in [2.05, 4.69) is 22.2 Å². The first-order chi connectivity index (χ1) is 16.0. The molecule has 4 aromatic rings. The normalized spacial score (nSPS) is 14.1. The third kappa shape index (κ3) is 4.14. The Labute approximate surface area is 190 Å². The van der Waals surface area contributed by atoms with E-state index in [1.807, 2.05) is 12.3 Å². The van der Waals surface area contributed by atoms with Crippen molar-refractivity contribution in [3.05, 3.63) is 77.0 Å². The summed E-state index contributed by atoms with van der Waals surface area (Å²) in [5.41, 5.74) is 9.34. The van der Waals surface area contributed by atoms with Crippen LogP contribution in [0.5, 0.6) is 0 Å². The van der Waals surface area contributed by atoms with Gasteiger partial charge in [-0.1, -0.05) is 12.1 Å². The fourth-order valence-corrected chi connectivity index (χ4v) is 4.26. The van der Waals surface area contributed by atoms with Crippen LogP contribution in [0.15, 0.2) is 48.8 Å². The topological polar surface area (TPSA) is 101 Å². The lowest BCUT2D eigenvalue weighted by atomic mass is 10.1. The molecule has 5 rings (SSSR count). The lowest BCUT2D eigenvalue weighted by Gasteiger charge is -2.16. The molecule has 0 aliphatic carbocycles. The minimum atomic E-state index is -0.519. The Morgan fingerprint density at radius 2 is 2.12 bits per heavy atom. The highest BCUT2D eigenvalue weighted by Gasteiger charge is 2.22. The molecule has 0 saturated carbocycles. The maximum absolute atomic E-state index is 13.6. The van der Waals surface area contributed by atoms with Crippen LogP contribution < -0.4 is 11.1 Å². The molecule has 9 heteroatoms. The Hall–Kier alpha value is -3.85. The molecule has 1 aliphatic rings. The zero-order valence-electron chi connectivity index (χ0n) is 18.3. The van der Waals surface area contributed by atoms with Gasteiger partial charge in [0.05, 0.1) is 23.0 Å². The van der Waals surface area contributed by atoms with Crippen LogP contribution in [0.25, 0.3) is 17.2 Å². The standard InChI is InChI=1S/C24H24FN7O/c1-31-9-3-7-17-19(14-31)29-23(30-22(17)27-12-15-5-2-6-16(25)11-15)24-28-13-20-18(21(26)33)8-4-10-32(20)24/h2,4-6,8,10-11,13H,3,7,9,12,14H2,1H3,(H2,26,33)(H,27,29,30). The summed E-state index contributed by atoms with van der Waals surface area (Å²) in [6.45, 7) is 2.09. The number of hydrogen-bond donors (Lipinski definition) is 2. The molecule has 168 valence electrons. The number of benzene rings is 1.